The number of fused-ring (bicyclic) bond motifs is 9. The van der Waals surface area contributed by atoms with Gasteiger partial charge in [0.05, 0.1) is 73.9 Å². The maximum atomic E-state index is 5.91. The fraction of sp³-hybridized carbons (Fsp3) is 0.0290. The molecule has 77 heavy (non-hydrogen) atoms. The van der Waals surface area contributed by atoms with E-state index >= 15 is 0 Å². The summed E-state index contributed by atoms with van der Waals surface area (Å²) in [6.45, 7) is 0. The van der Waals surface area contributed by atoms with Gasteiger partial charge in [-0.25, -0.2) is 9.97 Å². The van der Waals surface area contributed by atoms with Gasteiger partial charge < -0.3 is 4.57 Å². The van der Waals surface area contributed by atoms with Gasteiger partial charge in [-0.15, -0.1) is 0 Å². The van der Waals surface area contributed by atoms with Gasteiger partial charge in [0.1, 0.15) is 11.6 Å². The van der Waals surface area contributed by atoms with Gasteiger partial charge in [0.25, 0.3) is 0 Å². The zero-order valence-corrected chi connectivity index (χ0v) is 41.3. The van der Waals surface area contributed by atoms with E-state index in [-0.39, 0.29) is 0 Å². The lowest BCUT2D eigenvalue weighted by atomic mass is 9.45. The molecule has 0 fully saturated rings. The summed E-state index contributed by atoms with van der Waals surface area (Å²) in [6, 6.07) is 79.5. The molecule has 0 amide bonds. The number of rotatable bonds is 6. The fourth-order valence-corrected chi connectivity index (χ4v) is 13.9. The summed E-state index contributed by atoms with van der Waals surface area (Å²) < 4.78 is 6.89. The van der Waals surface area contributed by atoms with Crippen molar-refractivity contribution in [1.29, 1.82) is 0 Å². The van der Waals surface area contributed by atoms with Crippen LogP contribution in [0.3, 0.4) is 0 Å². The highest BCUT2D eigenvalue weighted by Crippen LogP contribution is 2.66. The van der Waals surface area contributed by atoms with E-state index in [1.165, 1.54) is 44.2 Å². The first-order valence-corrected chi connectivity index (χ1v) is 26.1. The van der Waals surface area contributed by atoms with E-state index in [1.807, 2.05) is 37.2 Å². The molecule has 0 saturated carbocycles. The highest BCUT2D eigenvalue weighted by Gasteiger charge is 2.61. The maximum Gasteiger partial charge on any atom is 0.137 e. The Morgan fingerprint density at radius 3 is 1.17 bits per heavy atom. The average molecular weight is 983 g/mol. The van der Waals surface area contributed by atoms with Gasteiger partial charge in [0.2, 0.25) is 0 Å². The first-order valence-electron chi connectivity index (χ1n) is 26.1. The molecule has 7 aromatic carbocycles. The molecule has 8 aromatic heterocycles. The van der Waals surface area contributed by atoms with E-state index in [0.29, 0.717) is 0 Å². The summed E-state index contributed by atoms with van der Waals surface area (Å²) in [5.74, 6) is 1.66. The third-order valence-electron chi connectivity index (χ3n) is 16.9. The summed E-state index contributed by atoms with van der Waals surface area (Å²) in [5.41, 5.74) is 16.9. The van der Waals surface area contributed by atoms with Crippen molar-refractivity contribution in [3.8, 4) is 28.5 Å². The van der Waals surface area contributed by atoms with E-state index in [0.717, 1.165) is 94.5 Å². The first kappa shape index (κ1) is 42.1. The van der Waals surface area contributed by atoms with E-state index in [4.69, 9.17) is 9.97 Å². The van der Waals surface area contributed by atoms with Crippen LogP contribution >= 0.6 is 0 Å². The summed E-state index contributed by atoms with van der Waals surface area (Å²) in [5, 5.41) is 6.97. The number of aromatic nitrogens is 8. The van der Waals surface area contributed by atoms with Crippen LogP contribution in [0.25, 0.3) is 93.9 Å². The predicted molar refractivity (Wildman–Crippen MR) is 308 cm³/mol. The predicted octanol–water partition coefficient (Wildman–Crippen LogP) is 15.0. The molecule has 15 aromatic rings. The Morgan fingerprint density at radius 1 is 0.273 bits per heavy atom. The number of hydrogen-bond acceptors (Lipinski definition) is 5. The molecule has 0 aliphatic heterocycles. The van der Waals surface area contributed by atoms with E-state index < -0.39 is 10.8 Å². The quantitative estimate of drug-likeness (QED) is 0.166. The zero-order chi connectivity index (χ0) is 50.4. The van der Waals surface area contributed by atoms with Crippen molar-refractivity contribution in [2.45, 2.75) is 10.8 Å². The van der Waals surface area contributed by atoms with Crippen LogP contribution in [-0.4, -0.2) is 38.6 Å². The molecule has 8 heterocycles. The smallest absolute Gasteiger partial charge is 0.137 e. The Hall–Kier alpha value is -10.3. The van der Waals surface area contributed by atoms with Gasteiger partial charge in [0.15, 0.2) is 0 Å². The molecule has 0 N–H and O–H groups in total. The third kappa shape index (κ3) is 5.47. The first-order chi connectivity index (χ1) is 38.2. The lowest BCUT2D eigenvalue weighted by Gasteiger charge is -2.56. The molecule has 0 saturated heterocycles. The van der Waals surface area contributed by atoms with Crippen LogP contribution < -0.4 is 0 Å². The summed E-state index contributed by atoms with van der Waals surface area (Å²) in [6.07, 6.45) is 11.5. The van der Waals surface area contributed by atoms with E-state index in [1.54, 1.807) is 0 Å². The molecule has 0 atom stereocenters. The Balaban J connectivity index is 0.957. The Bertz CT molecular complexity index is 4770. The minimum absolute atomic E-state index is 0.828. The van der Waals surface area contributed by atoms with Gasteiger partial charge in [0, 0.05) is 56.6 Å². The largest absolute Gasteiger partial charge is 0.308 e. The van der Waals surface area contributed by atoms with Crippen LogP contribution in [0.5, 0.6) is 0 Å². The lowest BCUT2D eigenvalue weighted by Crippen LogP contribution is -2.52. The second-order valence-corrected chi connectivity index (χ2v) is 20.4. The van der Waals surface area contributed by atoms with Gasteiger partial charge in [-0.1, -0.05) is 140 Å². The van der Waals surface area contributed by atoms with Gasteiger partial charge >= 0.3 is 0 Å². The molecular formula is C69H42N8. The fourth-order valence-electron chi connectivity index (χ4n) is 13.9. The van der Waals surface area contributed by atoms with Crippen molar-refractivity contribution in [3.05, 3.63) is 300 Å². The van der Waals surface area contributed by atoms with Crippen molar-refractivity contribution in [2.75, 3.05) is 0 Å². The monoisotopic (exact) mass is 982 g/mol. The van der Waals surface area contributed by atoms with Crippen LogP contribution in [0.1, 0.15) is 44.8 Å². The molecule has 0 unspecified atom stereocenters. The molecule has 0 spiro atoms. The van der Waals surface area contributed by atoms with Crippen LogP contribution in [0.4, 0.5) is 0 Å². The Labute approximate surface area is 441 Å². The van der Waals surface area contributed by atoms with E-state index in [9.17, 15) is 0 Å². The molecule has 3 aliphatic carbocycles. The number of benzene rings is 7. The van der Waals surface area contributed by atoms with Crippen molar-refractivity contribution < 1.29 is 0 Å². The summed E-state index contributed by atoms with van der Waals surface area (Å²) in [7, 11) is 0. The summed E-state index contributed by atoms with van der Waals surface area (Å²) in [4.78, 5) is 25.7. The van der Waals surface area contributed by atoms with Crippen molar-refractivity contribution in [3.63, 3.8) is 0 Å². The molecule has 8 nitrogen and oxygen atoms in total. The van der Waals surface area contributed by atoms with Gasteiger partial charge in [-0.3, -0.25) is 24.1 Å². The highest BCUT2D eigenvalue weighted by atomic mass is 15.1. The number of para-hydroxylation sites is 3. The summed E-state index contributed by atoms with van der Waals surface area (Å²) >= 11 is 0. The molecule has 2 bridgehead atoms. The zero-order valence-electron chi connectivity index (χ0n) is 41.3. The minimum Gasteiger partial charge on any atom is -0.308 e. The molecule has 3 aliphatic rings. The van der Waals surface area contributed by atoms with Crippen molar-refractivity contribution in [1.82, 2.24) is 38.6 Å². The number of pyridine rings is 5. The molecule has 18 rings (SSSR count). The third-order valence-corrected chi connectivity index (χ3v) is 16.9. The second kappa shape index (κ2) is 15.6. The average Bonchev–Trinajstić information content (AvgIpc) is 4.18. The minimum atomic E-state index is -0.862. The van der Waals surface area contributed by atoms with Crippen molar-refractivity contribution in [2.24, 2.45) is 0 Å². The molecule has 0 radical (unpaired) electrons. The maximum absolute atomic E-state index is 5.91. The van der Waals surface area contributed by atoms with Crippen molar-refractivity contribution >= 4 is 65.4 Å². The van der Waals surface area contributed by atoms with E-state index in [2.05, 4.69) is 247 Å². The second-order valence-electron chi connectivity index (χ2n) is 20.4. The SMILES string of the molecule is c1cc(-c2ccc3c(c2)C2(c4cccc(-n5c6ccccc6c6ccncc65)n4)c4ccccc4C3(c3cccc(-n4c5ccccc5c5ccncc54)n3)c3ccccc32)cc(-n2c3ccccc3c3ccncc32)c1. The van der Waals surface area contributed by atoms with Gasteiger partial charge in [-0.2, -0.15) is 0 Å². The Kier molecular flexibility index (Phi) is 8.53. The van der Waals surface area contributed by atoms with Crippen LogP contribution in [0.15, 0.2) is 256 Å². The molecular weight excluding hydrogens is 941 g/mol. The topological polar surface area (TPSA) is 79.2 Å². The van der Waals surface area contributed by atoms with Crippen LogP contribution in [-0.2, 0) is 10.8 Å². The number of nitrogens with zero attached hydrogens (tertiary/aromatic N) is 8. The normalized spacial score (nSPS) is 16.4. The molecule has 358 valence electrons. The standard InChI is InChI=1S/C69H42N8/c1-8-23-58-46(16-1)49-32-35-70-40-61(49)75(58)45-15-11-14-43(38-45)44-30-31-56-57(39-44)69(65-27-13-29-67(74-65)77-60-25-10-3-18-48(60)51-34-37-72-42-63(51)77)54-21-6-4-19-52(54)68(56,53-20-5-7-22-55(53)69)64-26-12-28-66(73-64)76-59-24-9-2-17-47(59)50-33-36-71-41-62(50)76/h1-42H. The van der Waals surface area contributed by atoms with Crippen LogP contribution in [0, 0.1) is 0 Å². The number of hydrogen-bond donors (Lipinski definition) is 0. The Morgan fingerprint density at radius 2 is 0.662 bits per heavy atom. The molecule has 8 heteroatoms. The van der Waals surface area contributed by atoms with Gasteiger partial charge in [-0.05, 0) is 123 Å². The lowest BCUT2D eigenvalue weighted by molar-refractivity contribution is 0.538. The van der Waals surface area contributed by atoms with Crippen LogP contribution in [0.2, 0.25) is 0 Å². The highest BCUT2D eigenvalue weighted by molar-refractivity contribution is 6.11.